The lowest BCUT2D eigenvalue weighted by molar-refractivity contribution is -0.140. The summed E-state index contributed by atoms with van der Waals surface area (Å²) in [4.78, 5) is 40.7. The molecule has 26 heavy (non-hydrogen) atoms. The van der Waals surface area contributed by atoms with Gasteiger partial charge < -0.3 is 10.2 Å². The molecular weight excluding hydrogens is 337 g/mol. The van der Waals surface area contributed by atoms with Crippen LogP contribution in [0.15, 0.2) is 24.3 Å². The predicted octanol–water partition coefficient (Wildman–Crippen LogP) is 2.24. The minimum absolute atomic E-state index is 0.217. The van der Waals surface area contributed by atoms with Crippen molar-refractivity contribution in [2.24, 2.45) is 5.92 Å². The van der Waals surface area contributed by atoms with Crippen LogP contribution in [0.4, 0.5) is 9.18 Å². The largest absolute Gasteiger partial charge is 0.341 e. The zero-order valence-electron chi connectivity index (χ0n) is 15.1. The molecule has 2 atom stereocenters. The second kappa shape index (κ2) is 7.05. The standard InChI is InChI=1S/C19H24FN3O3/c1-3-19(14-6-8-15(20)9-7-14)17(25)23(18(26)21-19)12-16(24)22-10-4-5-13(2)11-22/h6-9,13H,3-5,10-12H2,1-2H3,(H,21,26). The molecule has 1 aromatic rings. The Morgan fingerprint density at radius 2 is 2.00 bits per heavy atom. The minimum atomic E-state index is -1.25. The Morgan fingerprint density at radius 3 is 2.62 bits per heavy atom. The van der Waals surface area contributed by atoms with Crippen molar-refractivity contribution in [1.82, 2.24) is 15.1 Å². The van der Waals surface area contributed by atoms with Gasteiger partial charge in [0.05, 0.1) is 0 Å². The summed E-state index contributed by atoms with van der Waals surface area (Å²) in [6.45, 7) is 4.91. The van der Waals surface area contributed by atoms with Gasteiger partial charge in [-0.15, -0.1) is 0 Å². The summed E-state index contributed by atoms with van der Waals surface area (Å²) in [5.41, 5.74) is -0.735. The van der Waals surface area contributed by atoms with E-state index in [1.807, 2.05) is 0 Å². The van der Waals surface area contributed by atoms with Crippen molar-refractivity contribution in [2.45, 2.75) is 38.6 Å². The number of likely N-dealkylation sites (tertiary alicyclic amines) is 1. The van der Waals surface area contributed by atoms with Gasteiger partial charge in [-0.05, 0) is 42.9 Å². The quantitative estimate of drug-likeness (QED) is 0.836. The monoisotopic (exact) mass is 361 g/mol. The van der Waals surface area contributed by atoms with Gasteiger partial charge in [-0.1, -0.05) is 26.0 Å². The topological polar surface area (TPSA) is 69.7 Å². The molecule has 0 radical (unpaired) electrons. The average molecular weight is 361 g/mol. The van der Waals surface area contributed by atoms with Crippen LogP contribution in [0.5, 0.6) is 0 Å². The molecule has 2 saturated heterocycles. The van der Waals surface area contributed by atoms with Gasteiger partial charge in [-0.3, -0.25) is 14.5 Å². The molecule has 0 bridgehead atoms. The highest BCUT2D eigenvalue weighted by Gasteiger charge is 2.51. The van der Waals surface area contributed by atoms with Crippen LogP contribution in [0.1, 0.15) is 38.7 Å². The van der Waals surface area contributed by atoms with Crippen LogP contribution in [0.25, 0.3) is 0 Å². The maximum atomic E-state index is 13.2. The second-order valence-corrected chi connectivity index (χ2v) is 7.17. The maximum absolute atomic E-state index is 13.2. The molecule has 0 aliphatic carbocycles. The highest BCUT2D eigenvalue weighted by atomic mass is 19.1. The lowest BCUT2D eigenvalue weighted by atomic mass is 9.87. The number of hydrogen-bond donors (Lipinski definition) is 1. The molecule has 2 aliphatic heterocycles. The zero-order chi connectivity index (χ0) is 18.9. The first-order valence-corrected chi connectivity index (χ1v) is 9.05. The van der Waals surface area contributed by atoms with E-state index in [1.54, 1.807) is 11.8 Å². The normalized spacial score (nSPS) is 26.2. The Morgan fingerprint density at radius 1 is 1.31 bits per heavy atom. The summed E-state index contributed by atoms with van der Waals surface area (Å²) in [6.07, 6.45) is 2.33. The van der Waals surface area contributed by atoms with E-state index in [4.69, 9.17) is 0 Å². The number of rotatable bonds is 4. The van der Waals surface area contributed by atoms with Crippen molar-refractivity contribution >= 4 is 17.8 Å². The minimum Gasteiger partial charge on any atom is -0.341 e. The SMILES string of the molecule is CCC1(c2ccc(F)cc2)NC(=O)N(CC(=O)N2CCCC(C)C2)C1=O. The van der Waals surface area contributed by atoms with E-state index in [1.165, 1.54) is 24.3 Å². The van der Waals surface area contributed by atoms with E-state index in [0.717, 1.165) is 17.7 Å². The summed E-state index contributed by atoms with van der Waals surface area (Å²) in [5, 5.41) is 2.71. The lowest BCUT2D eigenvalue weighted by Gasteiger charge is -2.32. The molecule has 2 unspecified atom stereocenters. The molecule has 3 rings (SSSR count). The zero-order valence-corrected chi connectivity index (χ0v) is 15.1. The average Bonchev–Trinajstić information content (AvgIpc) is 2.87. The second-order valence-electron chi connectivity index (χ2n) is 7.17. The van der Waals surface area contributed by atoms with E-state index in [9.17, 15) is 18.8 Å². The molecule has 0 aromatic heterocycles. The van der Waals surface area contributed by atoms with Crippen molar-refractivity contribution in [3.05, 3.63) is 35.6 Å². The van der Waals surface area contributed by atoms with Gasteiger partial charge in [0.2, 0.25) is 5.91 Å². The van der Waals surface area contributed by atoms with Crippen molar-refractivity contribution in [2.75, 3.05) is 19.6 Å². The van der Waals surface area contributed by atoms with Crippen molar-refractivity contribution < 1.29 is 18.8 Å². The third kappa shape index (κ3) is 3.18. The van der Waals surface area contributed by atoms with Gasteiger partial charge in [-0.2, -0.15) is 0 Å². The van der Waals surface area contributed by atoms with E-state index < -0.39 is 23.3 Å². The molecule has 0 saturated carbocycles. The Hall–Kier alpha value is -2.44. The molecule has 2 heterocycles. The predicted molar refractivity (Wildman–Crippen MR) is 93.6 cm³/mol. The van der Waals surface area contributed by atoms with E-state index in [-0.39, 0.29) is 12.5 Å². The summed E-state index contributed by atoms with van der Waals surface area (Å²) < 4.78 is 13.2. The number of nitrogens with one attached hydrogen (secondary N) is 1. The molecule has 140 valence electrons. The molecule has 2 aliphatic rings. The number of imide groups is 1. The van der Waals surface area contributed by atoms with Gasteiger partial charge in [0.25, 0.3) is 5.91 Å². The highest BCUT2D eigenvalue weighted by Crippen LogP contribution is 2.32. The molecule has 1 N–H and O–H groups in total. The van der Waals surface area contributed by atoms with Gasteiger partial charge in [-0.25, -0.2) is 9.18 Å². The summed E-state index contributed by atoms with van der Waals surface area (Å²) in [5.74, 6) is -0.672. The number of halogens is 1. The number of hydrogen-bond acceptors (Lipinski definition) is 3. The Bertz CT molecular complexity index is 721. The van der Waals surface area contributed by atoms with Crippen LogP contribution in [0.2, 0.25) is 0 Å². The van der Waals surface area contributed by atoms with Gasteiger partial charge in [0.15, 0.2) is 0 Å². The smallest absolute Gasteiger partial charge is 0.325 e. The number of benzene rings is 1. The Labute approximate surface area is 152 Å². The molecule has 2 fully saturated rings. The van der Waals surface area contributed by atoms with Gasteiger partial charge >= 0.3 is 6.03 Å². The molecular formula is C19H24FN3O3. The molecule has 1 aromatic carbocycles. The molecule has 7 heteroatoms. The number of nitrogens with zero attached hydrogens (tertiary/aromatic N) is 2. The third-order valence-corrected chi connectivity index (χ3v) is 5.35. The number of urea groups is 1. The first kappa shape index (κ1) is 18.4. The van der Waals surface area contributed by atoms with E-state index in [2.05, 4.69) is 12.2 Å². The number of piperidine rings is 1. The van der Waals surface area contributed by atoms with Crippen LogP contribution >= 0.6 is 0 Å². The van der Waals surface area contributed by atoms with Crippen LogP contribution in [0, 0.1) is 11.7 Å². The maximum Gasteiger partial charge on any atom is 0.325 e. The molecule has 0 spiro atoms. The summed E-state index contributed by atoms with van der Waals surface area (Å²) in [7, 11) is 0. The van der Waals surface area contributed by atoms with Crippen molar-refractivity contribution in [3.8, 4) is 0 Å². The molecule has 4 amide bonds. The van der Waals surface area contributed by atoms with E-state index >= 15 is 0 Å². The van der Waals surface area contributed by atoms with Crippen molar-refractivity contribution in [3.63, 3.8) is 0 Å². The Balaban J connectivity index is 1.79. The summed E-state index contributed by atoms with van der Waals surface area (Å²) in [6, 6.07) is 4.92. The fourth-order valence-corrected chi connectivity index (χ4v) is 3.79. The highest BCUT2D eigenvalue weighted by molar-refractivity contribution is 6.09. The Kier molecular flexibility index (Phi) is 4.98. The lowest BCUT2D eigenvalue weighted by Crippen LogP contribution is -2.47. The van der Waals surface area contributed by atoms with Gasteiger partial charge in [0.1, 0.15) is 17.9 Å². The summed E-state index contributed by atoms with van der Waals surface area (Å²) >= 11 is 0. The van der Waals surface area contributed by atoms with Crippen molar-refractivity contribution in [1.29, 1.82) is 0 Å². The first-order valence-electron chi connectivity index (χ1n) is 9.05. The fourth-order valence-electron chi connectivity index (χ4n) is 3.79. The van der Waals surface area contributed by atoms with Gasteiger partial charge in [0, 0.05) is 13.1 Å². The molecule has 6 nitrogen and oxygen atoms in total. The number of amides is 4. The first-order chi connectivity index (χ1) is 12.4. The van der Waals surface area contributed by atoms with Crippen LogP contribution in [-0.2, 0) is 15.1 Å². The van der Waals surface area contributed by atoms with E-state index in [0.29, 0.717) is 31.0 Å². The number of carbonyl (C=O) groups is 3. The van der Waals surface area contributed by atoms with Crippen LogP contribution in [0.3, 0.4) is 0 Å². The van der Waals surface area contributed by atoms with Crippen LogP contribution < -0.4 is 5.32 Å². The van der Waals surface area contributed by atoms with Crippen LogP contribution in [-0.4, -0.2) is 47.3 Å². The number of carbonyl (C=O) groups excluding carboxylic acids is 3. The third-order valence-electron chi connectivity index (χ3n) is 5.35. The fraction of sp³-hybridized carbons (Fsp3) is 0.526.